The average molecular weight is 281 g/mol. The van der Waals surface area contributed by atoms with E-state index in [0.717, 1.165) is 22.9 Å². The Labute approximate surface area is 122 Å². The van der Waals surface area contributed by atoms with Crippen LogP contribution in [-0.2, 0) is 6.54 Å². The van der Waals surface area contributed by atoms with Gasteiger partial charge in [-0.15, -0.1) is 0 Å². The summed E-state index contributed by atoms with van der Waals surface area (Å²) in [7, 11) is 0. The number of halogens is 1. The number of nitrogens with zero attached hydrogens (tertiary/aromatic N) is 1. The van der Waals surface area contributed by atoms with Crippen molar-refractivity contribution in [1.82, 2.24) is 4.57 Å². The summed E-state index contributed by atoms with van der Waals surface area (Å²) in [6.07, 6.45) is 4.34. The van der Waals surface area contributed by atoms with Crippen molar-refractivity contribution in [2.45, 2.75) is 6.54 Å². The summed E-state index contributed by atoms with van der Waals surface area (Å²) >= 11 is 6.14. The first-order valence-electron chi connectivity index (χ1n) is 6.63. The molecule has 20 heavy (non-hydrogen) atoms. The normalized spacial score (nSPS) is 12.8. The Kier molecular flexibility index (Phi) is 2.57. The molecule has 98 valence electrons. The van der Waals surface area contributed by atoms with E-state index in [9.17, 15) is 0 Å². The lowest BCUT2D eigenvalue weighted by molar-refractivity contribution is 0.883. The van der Waals surface area contributed by atoms with Gasteiger partial charge in [0, 0.05) is 22.6 Å². The molecule has 2 heterocycles. The predicted octanol–water partition coefficient (Wildman–Crippen LogP) is 5.07. The Balaban J connectivity index is 1.92. The number of para-hydroxylation sites is 1. The number of nitrogens with one attached hydrogen (secondary N) is 1. The summed E-state index contributed by atoms with van der Waals surface area (Å²) in [6.45, 7) is 0.905. The molecule has 1 N–H and O–H groups in total. The van der Waals surface area contributed by atoms with E-state index < -0.39 is 0 Å². The number of fused-ring (bicyclic) bond motifs is 3. The lowest BCUT2D eigenvalue weighted by atomic mass is 10.2. The monoisotopic (exact) mass is 280 g/mol. The lowest BCUT2D eigenvalue weighted by Crippen LogP contribution is -1.94. The lowest BCUT2D eigenvalue weighted by Gasteiger charge is -2.06. The van der Waals surface area contributed by atoms with Crippen molar-refractivity contribution in [2.24, 2.45) is 0 Å². The molecule has 1 aromatic heterocycles. The number of hydrogen-bond donors (Lipinski definition) is 1. The second-order valence-corrected chi connectivity index (χ2v) is 5.36. The van der Waals surface area contributed by atoms with Crippen molar-refractivity contribution >= 4 is 40.0 Å². The smallest absolute Gasteiger partial charge is 0.0720 e. The second kappa shape index (κ2) is 4.43. The molecular formula is C17H13ClN2. The van der Waals surface area contributed by atoms with Crippen molar-refractivity contribution in [3.05, 3.63) is 65.3 Å². The molecule has 0 unspecified atom stereocenters. The molecule has 0 fully saturated rings. The molecule has 1 aliphatic rings. The third-order valence-electron chi connectivity index (χ3n) is 3.67. The van der Waals surface area contributed by atoms with Crippen LogP contribution in [0.4, 0.5) is 11.4 Å². The largest absolute Gasteiger partial charge is 0.353 e. The summed E-state index contributed by atoms with van der Waals surface area (Å²) < 4.78 is 2.28. The highest BCUT2D eigenvalue weighted by Crippen LogP contribution is 2.37. The van der Waals surface area contributed by atoms with Crippen LogP contribution in [0.1, 0.15) is 5.69 Å². The van der Waals surface area contributed by atoms with Gasteiger partial charge < -0.3 is 9.88 Å². The number of allylic oxidation sites excluding steroid dienone is 1. The van der Waals surface area contributed by atoms with Gasteiger partial charge >= 0.3 is 0 Å². The molecule has 3 heteroatoms. The van der Waals surface area contributed by atoms with Crippen LogP contribution < -0.4 is 5.32 Å². The van der Waals surface area contributed by atoms with Gasteiger partial charge in [0.1, 0.15) is 0 Å². The third kappa shape index (κ3) is 1.73. The summed E-state index contributed by atoms with van der Waals surface area (Å²) in [5.41, 5.74) is 4.64. The third-order valence-corrected chi connectivity index (χ3v) is 3.91. The second-order valence-electron chi connectivity index (χ2n) is 4.93. The van der Waals surface area contributed by atoms with Crippen molar-refractivity contribution in [3.63, 3.8) is 0 Å². The minimum Gasteiger partial charge on any atom is -0.353 e. The fourth-order valence-corrected chi connectivity index (χ4v) is 2.95. The van der Waals surface area contributed by atoms with Crippen LogP contribution in [0.5, 0.6) is 0 Å². The van der Waals surface area contributed by atoms with E-state index in [1.54, 1.807) is 0 Å². The number of anilines is 2. The summed E-state index contributed by atoms with van der Waals surface area (Å²) in [5, 5.41) is 5.51. The van der Waals surface area contributed by atoms with Crippen LogP contribution in [0.3, 0.4) is 0 Å². The molecule has 0 amide bonds. The highest BCUT2D eigenvalue weighted by Gasteiger charge is 2.18. The molecule has 4 rings (SSSR count). The van der Waals surface area contributed by atoms with Crippen LogP contribution in [0.25, 0.3) is 17.0 Å². The van der Waals surface area contributed by atoms with Gasteiger partial charge in [-0.25, -0.2) is 0 Å². The van der Waals surface area contributed by atoms with Crippen molar-refractivity contribution in [1.29, 1.82) is 0 Å². The molecule has 0 atom stereocenters. The number of hydrogen-bond acceptors (Lipinski definition) is 1. The highest BCUT2D eigenvalue weighted by atomic mass is 35.5. The Morgan fingerprint density at radius 1 is 1.05 bits per heavy atom. The predicted molar refractivity (Wildman–Crippen MR) is 85.7 cm³/mol. The molecule has 0 spiro atoms. The average Bonchev–Trinajstić information content (AvgIpc) is 3.04. The van der Waals surface area contributed by atoms with Gasteiger partial charge in [-0.3, -0.25) is 0 Å². The first kappa shape index (κ1) is 11.6. The van der Waals surface area contributed by atoms with Crippen LogP contribution >= 0.6 is 11.6 Å². The van der Waals surface area contributed by atoms with Gasteiger partial charge in [0.2, 0.25) is 0 Å². The maximum atomic E-state index is 6.14. The van der Waals surface area contributed by atoms with E-state index in [2.05, 4.69) is 40.2 Å². The van der Waals surface area contributed by atoms with Crippen LogP contribution in [-0.4, -0.2) is 4.57 Å². The van der Waals surface area contributed by atoms with Crippen LogP contribution in [0.15, 0.2) is 54.6 Å². The zero-order valence-corrected chi connectivity index (χ0v) is 11.6. The molecule has 0 saturated carbocycles. The zero-order chi connectivity index (χ0) is 13.5. The van der Waals surface area contributed by atoms with Crippen molar-refractivity contribution in [2.75, 3.05) is 5.32 Å². The molecular weight excluding hydrogens is 268 g/mol. The van der Waals surface area contributed by atoms with Crippen molar-refractivity contribution < 1.29 is 0 Å². The minimum atomic E-state index is 0.774. The Hall–Kier alpha value is -2.19. The van der Waals surface area contributed by atoms with Gasteiger partial charge in [0.05, 0.1) is 16.9 Å². The molecule has 0 bridgehead atoms. The van der Waals surface area contributed by atoms with E-state index in [0.29, 0.717) is 0 Å². The molecule has 0 saturated heterocycles. The summed E-state index contributed by atoms with van der Waals surface area (Å²) in [5.74, 6) is 0. The Morgan fingerprint density at radius 3 is 2.75 bits per heavy atom. The SMILES string of the molecule is Clc1ccc2c(Nc3ccccc3)c3n(c2c1)CC=C3. The van der Waals surface area contributed by atoms with Crippen molar-refractivity contribution in [3.8, 4) is 0 Å². The van der Waals surface area contributed by atoms with E-state index in [4.69, 9.17) is 11.6 Å². The fourth-order valence-electron chi connectivity index (χ4n) is 2.78. The minimum absolute atomic E-state index is 0.774. The summed E-state index contributed by atoms with van der Waals surface area (Å²) in [6, 6.07) is 16.3. The molecule has 0 aliphatic carbocycles. The van der Waals surface area contributed by atoms with E-state index in [1.807, 2.05) is 30.3 Å². The quantitative estimate of drug-likeness (QED) is 0.694. The Bertz CT molecular complexity index is 816. The standard InChI is InChI=1S/C17H13ClN2/c18-12-8-9-14-16(11-12)20-10-4-7-15(20)17(14)19-13-5-2-1-3-6-13/h1-9,11,19H,10H2. The van der Waals surface area contributed by atoms with Crippen LogP contribution in [0.2, 0.25) is 5.02 Å². The fraction of sp³-hybridized carbons (Fsp3) is 0.0588. The topological polar surface area (TPSA) is 17.0 Å². The van der Waals surface area contributed by atoms with Gasteiger partial charge in [0.25, 0.3) is 0 Å². The molecule has 2 nitrogen and oxygen atoms in total. The van der Waals surface area contributed by atoms with Gasteiger partial charge in [-0.2, -0.15) is 0 Å². The number of benzene rings is 2. The van der Waals surface area contributed by atoms with Gasteiger partial charge in [-0.1, -0.05) is 35.9 Å². The number of aromatic nitrogens is 1. The molecule has 2 aromatic carbocycles. The van der Waals surface area contributed by atoms with E-state index in [-0.39, 0.29) is 0 Å². The number of rotatable bonds is 2. The molecule has 0 radical (unpaired) electrons. The Morgan fingerprint density at radius 2 is 1.90 bits per heavy atom. The molecule has 3 aromatic rings. The van der Waals surface area contributed by atoms with Gasteiger partial charge in [0.15, 0.2) is 0 Å². The maximum Gasteiger partial charge on any atom is 0.0720 e. The highest BCUT2D eigenvalue weighted by molar-refractivity contribution is 6.31. The van der Waals surface area contributed by atoms with Crippen LogP contribution in [0, 0.1) is 0 Å². The first-order valence-corrected chi connectivity index (χ1v) is 7.01. The molecule has 1 aliphatic heterocycles. The first-order chi connectivity index (χ1) is 9.83. The van der Waals surface area contributed by atoms with E-state index in [1.165, 1.54) is 16.6 Å². The van der Waals surface area contributed by atoms with Gasteiger partial charge in [-0.05, 0) is 36.4 Å². The van der Waals surface area contributed by atoms with E-state index >= 15 is 0 Å². The summed E-state index contributed by atoms with van der Waals surface area (Å²) in [4.78, 5) is 0. The maximum absolute atomic E-state index is 6.14. The zero-order valence-electron chi connectivity index (χ0n) is 10.8.